The third kappa shape index (κ3) is 2.92. The Morgan fingerprint density at radius 1 is 1.33 bits per heavy atom. The molecule has 0 amide bonds. The molecule has 3 rings (SSSR count). The first-order valence-electron chi connectivity index (χ1n) is 7.81. The summed E-state index contributed by atoms with van der Waals surface area (Å²) >= 11 is 0. The minimum atomic E-state index is -3.37. The van der Waals surface area contributed by atoms with Crippen LogP contribution < -0.4 is 5.32 Å². The van der Waals surface area contributed by atoms with Gasteiger partial charge in [0.25, 0.3) is 0 Å². The van der Waals surface area contributed by atoms with Gasteiger partial charge in [-0.1, -0.05) is 13.3 Å². The Morgan fingerprint density at radius 3 is 2.71 bits per heavy atom. The predicted octanol–water partition coefficient (Wildman–Crippen LogP) is 2.32. The summed E-state index contributed by atoms with van der Waals surface area (Å²) in [6, 6.07) is 3.25. The molecule has 1 N–H and O–H groups in total. The van der Waals surface area contributed by atoms with E-state index in [1.807, 2.05) is 0 Å². The van der Waals surface area contributed by atoms with Gasteiger partial charge < -0.3 is 5.32 Å². The molecule has 116 valence electrons. The maximum atomic E-state index is 12.8. The first-order chi connectivity index (χ1) is 10.1. The zero-order valence-corrected chi connectivity index (χ0v) is 13.3. The number of hydrogen-bond acceptors (Lipinski definition) is 4. The summed E-state index contributed by atoms with van der Waals surface area (Å²) in [5.74, 6) is 1.77. The van der Waals surface area contributed by atoms with E-state index < -0.39 is 10.0 Å². The molecule has 2 fully saturated rings. The number of nitrogens with one attached hydrogen (secondary N) is 1. The number of rotatable bonds is 5. The number of pyridine rings is 1. The first kappa shape index (κ1) is 14.8. The SMILES string of the molecule is CCCNc1cc(S(=O)(=O)N2CC3CCCC3C2)ccn1. The molecule has 2 aliphatic rings. The highest BCUT2D eigenvalue weighted by Gasteiger charge is 2.41. The van der Waals surface area contributed by atoms with Crippen molar-refractivity contribution in [3.63, 3.8) is 0 Å². The topological polar surface area (TPSA) is 62.3 Å². The molecule has 0 aromatic carbocycles. The summed E-state index contributed by atoms with van der Waals surface area (Å²) in [5, 5.41) is 3.14. The predicted molar refractivity (Wildman–Crippen MR) is 82.6 cm³/mol. The molecule has 2 unspecified atom stereocenters. The third-order valence-electron chi connectivity index (χ3n) is 4.62. The first-order valence-corrected chi connectivity index (χ1v) is 9.25. The van der Waals surface area contributed by atoms with Gasteiger partial charge in [0.15, 0.2) is 0 Å². The largest absolute Gasteiger partial charge is 0.370 e. The maximum absolute atomic E-state index is 12.8. The van der Waals surface area contributed by atoms with E-state index in [-0.39, 0.29) is 0 Å². The quantitative estimate of drug-likeness (QED) is 0.907. The van der Waals surface area contributed by atoms with Crippen molar-refractivity contribution in [2.75, 3.05) is 25.0 Å². The summed E-state index contributed by atoms with van der Waals surface area (Å²) in [6.45, 7) is 4.24. The van der Waals surface area contributed by atoms with Crippen molar-refractivity contribution in [3.05, 3.63) is 18.3 Å². The lowest BCUT2D eigenvalue weighted by Crippen LogP contribution is -2.29. The standard InChI is InChI=1S/C15H23N3O2S/c1-2-7-16-15-9-14(6-8-17-15)21(19,20)18-10-12-4-3-5-13(12)11-18/h6,8-9,12-13H,2-5,7,10-11H2,1H3,(H,16,17). The number of aromatic nitrogens is 1. The molecule has 21 heavy (non-hydrogen) atoms. The van der Waals surface area contributed by atoms with E-state index in [2.05, 4.69) is 17.2 Å². The van der Waals surface area contributed by atoms with Crippen molar-refractivity contribution in [2.45, 2.75) is 37.5 Å². The van der Waals surface area contributed by atoms with Gasteiger partial charge in [0, 0.05) is 31.9 Å². The molecule has 2 atom stereocenters. The molecule has 6 heteroatoms. The molecule has 0 radical (unpaired) electrons. The summed E-state index contributed by atoms with van der Waals surface area (Å²) < 4.78 is 27.2. The lowest BCUT2D eigenvalue weighted by atomic mass is 10.0. The van der Waals surface area contributed by atoms with E-state index in [1.54, 1.807) is 22.6 Å². The minimum absolute atomic E-state index is 0.357. The molecule has 1 aromatic rings. The minimum Gasteiger partial charge on any atom is -0.370 e. The summed E-state index contributed by atoms with van der Waals surface area (Å²) in [5.41, 5.74) is 0. The van der Waals surface area contributed by atoms with Crippen LogP contribution in [0.2, 0.25) is 0 Å². The van der Waals surface area contributed by atoms with E-state index in [0.29, 0.717) is 35.6 Å². The Hall–Kier alpha value is -1.14. The van der Waals surface area contributed by atoms with Crippen LogP contribution >= 0.6 is 0 Å². The fourth-order valence-electron chi connectivity index (χ4n) is 3.46. The Morgan fingerprint density at radius 2 is 2.05 bits per heavy atom. The average Bonchev–Trinajstić information content (AvgIpc) is 3.07. The third-order valence-corrected chi connectivity index (χ3v) is 6.45. The van der Waals surface area contributed by atoms with E-state index in [1.165, 1.54) is 19.3 Å². The second-order valence-corrected chi connectivity index (χ2v) is 8.01. The zero-order valence-electron chi connectivity index (χ0n) is 12.5. The van der Waals surface area contributed by atoms with Crippen LogP contribution in [0.3, 0.4) is 0 Å². The van der Waals surface area contributed by atoms with Gasteiger partial charge in [-0.3, -0.25) is 0 Å². The highest BCUT2D eigenvalue weighted by atomic mass is 32.2. The Bertz CT molecular complexity index is 591. The van der Waals surface area contributed by atoms with Crippen LogP contribution in [0.25, 0.3) is 0 Å². The number of fused-ring (bicyclic) bond motifs is 1. The molecule has 1 saturated carbocycles. The van der Waals surface area contributed by atoms with Gasteiger partial charge in [-0.05, 0) is 37.2 Å². The number of sulfonamides is 1. The Balaban J connectivity index is 1.78. The van der Waals surface area contributed by atoms with E-state index in [0.717, 1.165) is 13.0 Å². The number of hydrogen-bond donors (Lipinski definition) is 1. The van der Waals surface area contributed by atoms with Gasteiger partial charge in [0.05, 0.1) is 4.90 Å². The van der Waals surface area contributed by atoms with Gasteiger partial charge in [-0.25, -0.2) is 13.4 Å². The van der Waals surface area contributed by atoms with Crippen molar-refractivity contribution in [2.24, 2.45) is 11.8 Å². The molecule has 1 saturated heterocycles. The van der Waals surface area contributed by atoms with Crippen molar-refractivity contribution in [3.8, 4) is 0 Å². The lowest BCUT2D eigenvalue weighted by Gasteiger charge is -2.17. The fraction of sp³-hybridized carbons (Fsp3) is 0.667. The van der Waals surface area contributed by atoms with Gasteiger partial charge in [0.1, 0.15) is 5.82 Å². The van der Waals surface area contributed by atoms with Crippen LogP contribution in [0.4, 0.5) is 5.82 Å². The fourth-order valence-corrected chi connectivity index (χ4v) is 5.03. The van der Waals surface area contributed by atoms with Gasteiger partial charge in [0.2, 0.25) is 10.0 Å². The zero-order chi connectivity index (χ0) is 14.9. The molecular formula is C15H23N3O2S. The van der Waals surface area contributed by atoms with Crippen molar-refractivity contribution >= 4 is 15.8 Å². The van der Waals surface area contributed by atoms with E-state index in [9.17, 15) is 8.42 Å². The molecule has 1 aromatic heterocycles. The van der Waals surface area contributed by atoms with Crippen molar-refractivity contribution in [1.29, 1.82) is 0 Å². The van der Waals surface area contributed by atoms with E-state index in [4.69, 9.17) is 0 Å². The highest BCUT2D eigenvalue weighted by Crippen LogP contribution is 2.39. The molecule has 1 aliphatic carbocycles. The smallest absolute Gasteiger partial charge is 0.243 e. The average molecular weight is 309 g/mol. The molecule has 0 bridgehead atoms. The number of nitrogens with zero attached hydrogens (tertiary/aromatic N) is 2. The summed E-state index contributed by atoms with van der Waals surface area (Å²) in [4.78, 5) is 4.54. The van der Waals surface area contributed by atoms with Crippen molar-refractivity contribution < 1.29 is 8.42 Å². The molecule has 0 spiro atoms. The van der Waals surface area contributed by atoms with Crippen LogP contribution in [0.5, 0.6) is 0 Å². The monoisotopic (exact) mass is 309 g/mol. The second-order valence-electron chi connectivity index (χ2n) is 6.08. The molecule has 5 nitrogen and oxygen atoms in total. The van der Waals surface area contributed by atoms with Crippen LogP contribution in [0.1, 0.15) is 32.6 Å². The van der Waals surface area contributed by atoms with Crippen LogP contribution in [-0.4, -0.2) is 37.3 Å². The summed E-state index contributed by atoms with van der Waals surface area (Å²) in [7, 11) is -3.37. The van der Waals surface area contributed by atoms with Crippen LogP contribution in [0.15, 0.2) is 23.2 Å². The molecule has 2 heterocycles. The van der Waals surface area contributed by atoms with Crippen LogP contribution in [0, 0.1) is 11.8 Å². The van der Waals surface area contributed by atoms with Crippen LogP contribution in [-0.2, 0) is 10.0 Å². The summed E-state index contributed by atoms with van der Waals surface area (Å²) in [6.07, 6.45) is 6.16. The maximum Gasteiger partial charge on any atom is 0.243 e. The second kappa shape index (κ2) is 5.93. The highest BCUT2D eigenvalue weighted by molar-refractivity contribution is 7.89. The number of anilines is 1. The van der Waals surface area contributed by atoms with Gasteiger partial charge in [-0.15, -0.1) is 0 Å². The normalized spacial score (nSPS) is 26.0. The Labute approximate surface area is 126 Å². The van der Waals surface area contributed by atoms with Gasteiger partial charge in [-0.2, -0.15) is 4.31 Å². The molecule has 1 aliphatic heterocycles. The Kier molecular flexibility index (Phi) is 4.17. The van der Waals surface area contributed by atoms with Crippen molar-refractivity contribution in [1.82, 2.24) is 9.29 Å². The lowest BCUT2D eigenvalue weighted by molar-refractivity contribution is 0.445. The van der Waals surface area contributed by atoms with Gasteiger partial charge >= 0.3 is 0 Å². The van der Waals surface area contributed by atoms with E-state index >= 15 is 0 Å². The molecular weight excluding hydrogens is 286 g/mol.